The van der Waals surface area contributed by atoms with Gasteiger partial charge in [0.15, 0.2) is 4.34 Å². The van der Waals surface area contributed by atoms with Gasteiger partial charge in [-0.25, -0.2) is 4.79 Å². The van der Waals surface area contributed by atoms with E-state index in [-0.39, 0.29) is 11.8 Å². The zero-order chi connectivity index (χ0) is 23.7. The summed E-state index contributed by atoms with van der Waals surface area (Å²) in [6.07, 6.45) is 2.47. The number of cyclic esters (lactones) is 1. The first kappa shape index (κ1) is 24.3. The normalized spacial score (nSPS) is 25.5. The van der Waals surface area contributed by atoms with E-state index >= 15 is 0 Å². The van der Waals surface area contributed by atoms with E-state index in [0.29, 0.717) is 36.5 Å². The van der Waals surface area contributed by atoms with E-state index in [4.69, 9.17) is 9.47 Å². The number of nitro groups is 1. The van der Waals surface area contributed by atoms with Gasteiger partial charge >= 0.3 is 5.97 Å². The molecule has 0 amide bonds. The summed E-state index contributed by atoms with van der Waals surface area (Å²) in [5, 5.41) is 19.9. The Morgan fingerprint density at radius 3 is 2.67 bits per heavy atom. The van der Waals surface area contributed by atoms with Gasteiger partial charge in [0.05, 0.1) is 15.9 Å². The predicted octanol–water partition coefficient (Wildman–Crippen LogP) is 6.17. The Hall–Kier alpha value is -1.82. The standard InChI is InChI=1S/C22H24BrN3O5S2/c1-11(2)15-9-4-12(3)10-16(15)30-21-18(17(23)20(27)31-21)32-22-25-24-19(33-22)13-5-7-14(8-6-13)26(28)29/h5-8,11-12,15-16,21H,4,9-10H2,1-3H3/t12?,15?,16?,21-/m0/s1. The molecule has 1 aromatic heterocycles. The minimum Gasteiger partial charge on any atom is -0.427 e. The van der Waals surface area contributed by atoms with E-state index in [0.717, 1.165) is 18.4 Å². The molecule has 4 atom stereocenters. The Morgan fingerprint density at radius 1 is 1.27 bits per heavy atom. The second-order valence-electron chi connectivity index (χ2n) is 8.70. The molecule has 4 rings (SSSR count). The van der Waals surface area contributed by atoms with Crippen molar-refractivity contribution in [2.24, 2.45) is 17.8 Å². The van der Waals surface area contributed by atoms with Crippen molar-refractivity contribution in [2.75, 3.05) is 0 Å². The van der Waals surface area contributed by atoms with Gasteiger partial charge in [-0.2, -0.15) is 0 Å². The van der Waals surface area contributed by atoms with Crippen LogP contribution >= 0.6 is 39.0 Å². The molecule has 8 nitrogen and oxygen atoms in total. The Morgan fingerprint density at radius 2 is 2.00 bits per heavy atom. The summed E-state index contributed by atoms with van der Waals surface area (Å²) in [7, 11) is 0. The SMILES string of the molecule is CC1CCC(C(C)C)C(O[C@H]2OC(=O)C(Br)=C2Sc2nnc(-c3ccc([N+](=O)[O-])cc3)s2)C1. The molecule has 176 valence electrons. The number of hydrogen-bond acceptors (Lipinski definition) is 9. The number of rotatable bonds is 7. The molecule has 0 spiro atoms. The maximum atomic E-state index is 12.3. The number of nitro benzene ring substituents is 1. The summed E-state index contributed by atoms with van der Waals surface area (Å²) >= 11 is 5.99. The zero-order valence-electron chi connectivity index (χ0n) is 18.4. The number of ether oxygens (including phenoxy) is 2. The van der Waals surface area contributed by atoms with Gasteiger partial charge in [0.25, 0.3) is 5.69 Å². The molecule has 1 aromatic carbocycles. The summed E-state index contributed by atoms with van der Waals surface area (Å²) < 4.78 is 12.9. The highest BCUT2D eigenvalue weighted by Crippen LogP contribution is 2.44. The first-order chi connectivity index (χ1) is 15.7. The summed E-state index contributed by atoms with van der Waals surface area (Å²) in [5.41, 5.74) is 0.755. The van der Waals surface area contributed by atoms with Gasteiger partial charge in [-0.05, 0) is 58.7 Å². The van der Waals surface area contributed by atoms with Crippen molar-refractivity contribution >= 4 is 50.7 Å². The molecular formula is C22H24BrN3O5S2. The second kappa shape index (κ2) is 10.2. The maximum Gasteiger partial charge on any atom is 0.348 e. The van der Waals surface area contributed by atoms with Crippen molar-refractivity contribution in [3.8, 4) is 10.6 Å². The number of carbonyl (C=O) groups excluding carboxylic acids is 1. The topological polar surface area (TPSA) is 104 Å². The van der Waals surface area contributed by atoms with Crippen LogP contribution in [0.15, 0.2) is 38.0 Å². The fourth-order valence-corrected chi connectivity index (χ4v) is 6.63. The van der Waals surface area contributed by atoms with Crippen LogP contribution in [0.2, 0.25) is 0 Å². The van der Waals surface area contributed by atoms with E-state index in [9.17, 15) is 14.9 Å². The number of carbonyl (C=O) groups is 1. The molecule has 3 unspecified atom stereocenters. The maximum absolute atomic E-state index is 12.3. The molecule has 1 fully saturated rings. The van der Waals surface area contributed by atoms with Gasteiger partial charge in [-0.1, -0.05) is 50.3 Å². The van der Waals surface area contributed by atoms with E-state index in [1.54, 1.807) is 12.1 Å². The van der Waals surface area contributed by atoms with Crippen LogP contribution in [-0.2, 0) is 14.3 Å². The molecule has 11 heteroatoms. The minimum atomic E-state index is -0.778. The number of esters is 1. The quantitative estimate of drug-likeness (QED) is 0.227. The average molecular weight is 554 g/mol. The lowest BCUT2D eigenvalue weighted by Gasteiger charge is -2.38. The highest BCUT2D eigenvalue weighted by molar-refractivity contribution is 9.12. The smallest absolute Gasteiger partial charge is 0.348 e. The molecule has 1 aliphatic carbocycles. The number of nitrogens with zero attached hydrogens (tertiary/aromatic N) is 3. The molecule has 1 aliphatic heterocycles. The highest BCUT2D eigenvalue weighted by Gasteiger charge is 2.40. The van der Waals surface area contributed by atoms with Crippen molar-refractivity contribution in [3.63, 3.8) is 0 Å². The monoisotopic (exact) mass is 553 g/mol. The van der Waals surface area contributed by atoms with E-state index in [1.165, 1.54) is 41.7 Å². The number of benzene rings is 1. The zero-order valence-corrected chi connectivity index (χ0v) is 21.6. The summed E-state index contributed by atoms with van der Waals surface area (Å²) in [5.74, 6) is 1.02. The number of aromatic nitrogens is 2. The van der Waals surface area contributed by atoms with Crippen LogP contribution in [-0.4, -0.2) is 33.5 Å². The van der Waals surface area contributed by atoms with Crippen LogP contribution in [0.3, 0.4) is 0 Å². The van der Waals surface area contributed by atoms with Gasteiger partial charge in [0.2, 0.25) is 6.29 Å². The summed E-state index contributed by atoms with van der Waals surface area (Å²) in [4.78, 5) is 23.4. The first-order valence-corrected chi connectivity index (χ1v) is 13.2. The third-order valence-electron chi connectivity index (χ3n) is 6.01. The van der Waals surface area contributed by atoms with Crippen LogP contribution in [0, 0.1) is 27.9 Å². The number of thioether (sulfide) groups is 1. The second-order valence-corrected chi connectivity index (χ2v) is 11.8. The van der Waals surface area contributed by atoms with Crippen molar-refractivity contribution in [1.29, 1.82) is 0 Å². The first-order valence-electron chi connectivity index (χ1n) is 10.7. The lowest BCUT2D eigenvalue weighted by molar-refractivity contribution is -0.384. The van der Waals surface area contributed by atoms with Crippen molar-refractivity contribution in [3.05, 3.63) is 43.8 Å². The van der Waals surface area contributed by atoms with Crippen LogP contribution in [0.1, 0.15) is 40.0 Å². The van der Waals surface area contributed by atoms with Crippen LogP contribution in [0.25, 0.3) is 10.6 Å². The number of hydrogen-bond donors (Lipinski definition) is 0. The van der Waals surface area contributed by atoms with Gasteiger partial charge in [-0.3, -0.25) is 10.1 Å². The Balaban J connectivity index is 1.50. The van der Waals surface area contributed by atoms with Gasteiger partial charge in [-0.15, -0.1) is 10.2 Å². The lowest BCUT2D eigenvalue weighted by atomic mass is 9.75. The Labute approximate surface area is 208 Å². The molecular weight excluding hydrogens is 530 g/mol. The third kappa shape index (κ3) is 5.47. The molecule has 2 heterocycles. The van der Waals surface area contributed by atoms with Gasteiger partial charge in [0.1, 0.15) is 9.49 Å². The van der Waals surface area contributed by atoms with Gasteiger partial charge < -0.3 is 9.47 Å². The lowest BCUT2D eigenvalue weighted by Crippen LogP contribution is -2.37. The Bertz CT molecular complexity index is 1070. The fourth-order valence-electron chi connectivity index (χ4n) is 4.21. The molecule has 0 bridgehead atoms. The van der Waals surface area contributed by atoms with Gasteiger partial charge in [0, 0.05) is 17.7 Å². The van der Waals surface area contributed by atoms with Crippen LogP contribution < -0.4 is 0 Å². The highest BCUT2D eigenvalue weighted by atomic mass is 79.9. The molecule has 2 aromatic rings. The molecule has 0 saturated heterocycles. The van der Waals surface area contributed by atoms with Crippen molar-refractivity contribution < 1.29 is 19.2 Å². The van der Waals surface area contributed by atoms with E-state index in [1.807, 2.05) is 0 Å². The molecule has 0 N–H and O–H groups in total. The van der Waals surface area contributed by atoms with Crippen LogP contribution in [0.4, 0.5) is 5.69 Å². The van der Waals surface area contributed by atoms with E-state index in [2.05, 4.69) is 46.9 Å². The molecule has 2 aliphatic rings. The average Bonchev–Trinajstić information content (AvgIpc) is 3.34. The summed E-state index contributed by atoms with van der Waals surface area (Å²) in [6, 6.07) is 6.16. The molecule has 1 saturated carbocycles. The van der Waals surface area contributed by atoms with Crippen molar-refractivity contribution in [2.45, 2.75) is 56.8 Å². The van der Waals surface area contributed by atoms with Crippen LogP contribution in [0.5, 0.6) is 0 Å². The van der Waals surface area contributed by atoms with Crippen molar-refractivity contribution in [1.82, 2.24) is 10.2 Å². The minimum absolute atomic E-state index is 0.0188. The Kier molecular flexibility index (Phi) is 7.52. The molecule has 0 radical (unpaired) electrons. The number of non-ortho nitro benzene ring substituents is 1. The molecule has 33 heavy (non-hydrogen) atoms. The fraction of sp³-hybridized carbons (Fsp3) is 0.500. The summed E-state index contributed by atoms with van der Waals surface area (Å²) in [6.45, 7) is 6.65. The largest absolute Gasteiger partial charge is 0.427 e. The predicted molar refractivity (Wildman–Crippen MR) is 130 cm³/mol. The van der Waals surface area contributed by atoms with E-state index < -0.39 is 17.2 Å². The third-order valence-corrected chi connectivity index (χ3v) is 9.17. The number of halogens is 1.